The van der Waals surface area contributed by atoms with Gasteiger partial charge in [0.15, 0.2) is 5.82 Å². The van der Waals surface area contributed by atoms with Crippen molar-refractivity contribution in [1.29, 1.82) is 0 Å². The fourth-order valence-electron chi connectivity index (χ4n) is 5.18. The molecule has 1 spiro atoms. The minimum atomic E-state index is -0.597. The van der Waals surface area contributed by atoms with Crippen LogP contribution in [0.1, 0.15) is 51.9 Å². The maximum absolute atomic E-state index is 11.1. The molecular formula is C27H28N6O3. The van der Waals surface area contributed by atoms with Gasteiger partial charge in [-0.2, -0.15) is 0 Å². The Morgan fingerprint density at radius 2 is 1.97 bits per heavy atom. The molecule has 1 amide bonds. The summed E-state index contributed by atoms with van der Waals surface area (Å²) < 4.78 is 5.51. The number of pyridine rings is 1. The van der Waals surface area contributed by atoms with E-state index in [0.29, 0.717) is 23.0 Å². The number of primary amides is 1. The van der Waals surface area contributed by atoms with Crippen molar-refractivity contribution in [2.75, 3.05) is 24.6 Å². The normalized spacial score (nSPS) is 17.8. The number of aromatic nitrogens is 3. The van der Waals surface area contributed by atoms with E-state index in [4.69, 9.17) is 16.2 Å². The van der Waals surface area contributed by atoms with E-state index in [9.17, 15) is 9.90 Å². The first kappa shape index (κ1) is 23.7. The lowest BCUT2D eigenvalue weighted by molar-refractivity contribution is 0.0995. The molecule has 1 atom stereocenters. The highest BCUT2D eigenvalue weighted by atomic mass is 16.5. The van der Waals surface area contributed by atoms with Crippen LogP contribution in [0.3, 0.4) is 0 Å². The van der Waals surface area contributed by atoms with Gasteiger partial charge in [0, 0.05) is 19.1 Å². The monoisotopic (exact) mass is 484 g/mol. The summed E-state index contributed by atoms with van der Waals surface area (Å²) in [6.45, 7) is 1.50. The van der Waals surface area contributed by atoms with Crippen LogP contribution in [0.2, 0.25) is 0 Å². The molecule has 184 valence electrons. The van der Waals surface area contributed by atoms with Gasteiger partial charge < -0.3 is 26.2 Å². The zero-order chi connectivity index (χ0) is 25.1. The fraction of sp³-hybridized carbons (Fsp3) is 0.333. The predicted molar refractivity (Wildman–Crippen MR) is 134 cm³/mol. The third-order valence-corrected chi connectivity index (χ3v) is 7.14. The zero-order valence-electron chi connectivity index (χ0n) is 19.9. The number of fused-ring (bicyclic) bond motifs is 1. The number of rotatable bonds is 5. The number of ether oxygens (including phenoxy) is 1. The first-order valence-corrected chi connectivity index (χ1v) is 11.9. The van der Waals surface area contributed by atoms with Crippen LogP contribution in [0, 0.1) is 17.3 Å². The number of nitrogens with zero attached hydrogens (tertiary/aromatic N) is 4. The highest BCUT2D eigenvalue weighted by Gasteiger charge is 2.46. The van der Waals surface area contributed by atoms with Gasteiger partial charge in [-0.15, -0.1) is 0 Å². The van der Waals surface area contributed by atoms with Crippen LogP contribution < -0.4 is 21.1 Å². The standard InChI is InChI=1S/C27H28N6O3/c28-24-21-6-2-1-4-18(21)14-27(24)9-11-33(12-10-27)26-23(17-34)32-19(15-31-26)5-3-13-36-20-7-8-22(25(29)35)30-16-20/h1-2,4,6-8,15-16,24,34H,9-14,17,28H2,(H2,29,35). The van der Waals surface area contributed by atoms with Gasteiger partial charge in [0.2, 0.25) is 0 Å². The first-order chi connectivity index (χ1) is 17.5. The van der Waals surface area contributed by atoms with Gasteiger partial charge >= 0.3 is 0 Å². The Labute approximate surface area is 209 Å². The summed E-state index contributed by atoms with van der Waals surface area (Å²) in [6, 6.07) is 11.6. The van der Waals surface area contributed by atoms with Crippen molar-refractivity contribution < 1.29 is 14.6 Å². The summed E-state index contributed by atoms with van der Waals surface area (Å²) in [7, 11) is 0. The number of nitrogens with two attached hydrogens (primary N) is 2. The van der Waals surface area contributed by atoms with Crippen molar-refractivity contribution >= 4 is 11.7 Å². The molecule has 3 heterocycles. The second-order valence-electron chi connectivity index (χ2n) is 9.22. The molecule has 1 unspecified atom stereocenters. The highest BCUT2D eigenvalue weighted by molar-refractivity contribution is 5.90. The molecule has 1 aliphatic heterocycles. The Kier molecular flexibility index (Phi) is 6.55. The van der Waals surface area contributed by atoms with Crippen LogP contribution in [0.25, 0.3) is 0 Å². The van der Waals surface area contributed by atoms with Gasteiger partial charge in [0.1, 0.15) is 29.4 Å². The number of hydrogen-bond donors (Lipinski definition) is 3. The fourth-order valence-corrected chi connectivity index (χ4v) is 5.18. The van der Waals surface area contributed by atoms with Crippen molar-refractivity contribution in [2.45, 2.75) is 31.9 Å². The maximum atomic E-state index is 11.1. The van der Waals surface area contributed by atoms with E-state index < -0.39 is 5.91 Å². The van der Waals surface area contributed by atoms with Crippen LogP contribution >= 0.6 is 0 Å². The average molecular weight is 485 g/mol. The van der Waals surface area contributed by atoms with Gasteiger partial charge in [-0.05, 0) is 53.9 Å². The molecule has 3 aromatic rings. The number of carbonyl (C=O) groups excluding carboxylic acids is 1. The van der Waals surface area contributed by atoms with Gasteiger partial charge in [-0.25, -0.2) is 15.0 Å². The molecule has 2 aliphatic rings. The summed E-state index contributed by atoms with van der Waals surface area (Å²) in [5, 5.41) is 9.96. The summed E-state index contributed by atoms with van der Waals surface area (Å²) in [5.74, 6) is 6.36. The Hall–Kier alpha value is -4.00. The third kappa shape index (κ3) is 4.61. The second kappa shape index (κ2) is 9.93. The molecule has 9 heteroatoms. The molecular weight excluding hydrogens is 456 g/mol. The summed E-state index contributed by atoms with van der Waals surface area (Å²) in [6.07, 6.45) is 5.97. The Morgan fingerprint density at radius 3 is 2.67 bits per heavy atom. The van der Waals surface area contributed by atoms with Crippen molar-refractivity contribution in [3.63, 3.8) is 0 Å². The van der Waals surface area contributed by atoms with Crippen molar-refractivity contribution in [3.8, 4) is 17.6 Å². The molecule has 36 heavy (non-hydrogen) atoms. The molecule has 5 N–H and O–H groups in total. The maximum Gasteiger partial charge on any atom is 0.267 e. The summed E-state index contributed by atoms with van der Waals surface area (Å²) in [5.41, 5.74) is 15.7. The Bertz CT molecular complexity index is 1320. The van der Waals surface area contributed by atoms with Crippen molar-refractivity contribution in [2.24, 2.45) is 16.9 Å². The lowest BCUT2D eigenvalue weighted by Crippen LogP contribution is -2.45. The quantitative estimate of drug-likeness (QED) is 0.465. The van der Waals surface area contributed by atoms with E-state index in [1.54, 1.807) is 12.3 Å². The van der Waals surface area contributed by atoms with Crippen LogP contribution in [0.5, 0.6) is 5.75 Å². The van der Waals surface area contributed by atoms with Gasteiger partial charge in [-0.3, -0.25) is 4.79 Å². The van der Waals surface area contributed by atoms with E-state index >= 15 is 0 Å². The summed E-state index contributed by atoms with van der Waals surface area (Å²) >= 11 is 0. The van der Waals surface area contributed by atoms with Crippen LogP contribution in [-0.2, 0) is 13.0 Å². The molecule has 1 fully saturated rings. The van der Waals surface area contributed by atoms with E-state index in [1.165, 1.54) is 23.4 Å². The van der Waals surface area contributed by atoms with Crippen molar-refractivity contribution in [1.82, 2.24) is 15.0 Å². The molecule has 0 saturated carbocycles. The smallest absolute Gasteiger partial charge is 0.267 e. The van der Waals surface area contributed by atoms with Crippen LogP contribution in [0.4, 0.5) is 5.82 Å². The third-order valence-electron chi connectivity index (χ3n) is 7.14. The zero-order valence-corrected chi connectivity index (χ0v) is 19.9. The molecule has 1 aliphatic carbocycles. The lowest BCUT2D eigenvalue weighted by atomic mass is 9.73. The topological polar surface area (TPSA) is 140 Å². The van der Waals surface area contributed by atoms with Gasteiger partial charge in [0.25, 0.3) is 5.91 Å². The van der Waals surface area contributed by atoms with E-state index in [0.717, 1.165) is 32.4 Å². The number of carbonyl (C=O) groups is 1. The number of amides is 1. The molecule has 0 radical (unpaired) electrons. The van der Waals surface area contributed by atoms with Crippen LogP contribution in [-0.4, -0.2) is 45.7 Å². The molecule has 1 aromatic carbocycles. The molecule has 9 nitrogen and oxygen atoms in total. The van der Waals surface area contributed by atoms with E-state index in [2.05, 4.69) is 56.0 Å². The van der Waals surface area contributed by atoms with Gasteiger partial charge in [0.05, 0.1) is 19.0 Å². The van der Waals surface area contributed by atoms with Gasteiger partial charge in [-0.1, -0.05) is 30.2 Å². The minimum Gasteiger partial charge on any atom is -0.479 e. The first-order valence-electron chi connectivity index (χ1n) is 11.9. The van der Waals surface area contributed by atoms with E-state index in [-0.39, 0.29) is 30.4 Å². The molecule has 1 saturated heterocycles. The Balaban J connectivity index is 1.21. The number of aliphatic hydroxyl groups is 1. The molecule has 2 aromatic heterocycles. The second-order valence-corrected chi connectivity index (χ2v) is 9.22. The SMILES string of the molecule is NC(=O)c1ccc(OCC#Cc2cnc(N3CCC4(CC3)Cc3ccccc3C4N)c(CO)n2)cn1. The largest absolute Gasteiger partial charge is 0.479 e. The Morgan fingerprint density at radius 1 is 1.17 bits per heavy atom. The number of piperidine rings is 1. The number of anilines is 1. The lowest BCUT2D eigenvalue weighted by Gasteiger charge is -2.42. The van der Waals surface area contributed by atoms with Crippen LogP contribution in [0.15, 0.2) is 48.8 Å². The minimum absolute atomic E-state index is 0.0518. The predicted octanol–water partition coefficient (Wildman–Crippen LogP) is 1.74. The number of hydrogen-bond acceptors (Lipinski definition) is 8. The average Bonchev–Trinajstić information content (AvgIpc) is 3.18. The highest BCUT2D eigenvalue weighted by Crippen LogP contribution is 2.50. The number of benzene rings is 1. The molecule has 5 rings (SSSR count). The number of aliphatic hydroxyl groups excluding tert-OH is 1. The molecule has 0 bridgehead atoms. The van der Waals surface area contributed by atoms with Crippen molar-refractivity contribution in [3.05, 3.63) is 77.0 Å². The summed E-state index contributed by atoms with van der Waals surface area (Å²) in [4.78, 5) is 26.3. The van der Waals surface area contributed by atoms with E-state index in [1.807, 2.05) is 0 Å².